The lowest BCUT2D eigenvalue weighted by Crippen LogP contribution is -2.28. The Kier molecular flexibility index (Phi) is 3.82. The molecule has 0 bridgehead atoms. The molecule has 0 amide bonds. The molecule has 1 N–H and O–H groups in total. The molecule has 1 aromatic carbocycles. The molecule has 1 aliphatic rings. The highest BCUT2D eigenvalue weighted by atomic mass is 79.9. The Morgan fingerprint density at radius 2 is 2.31 bits per heavy atom. The van der Waals surface area contributed by atoms with Gasteiger partial charge in [-0.05, 0) is 52.9 Å². The minimum absolute atomic E-state index is 0.187. The van der Waals surface area contributed by atoms with Gasteiger partial charge >= 0.3 is 0 Å². The Morgan fingerprint density at radius 3 is 2.94 bits per heavy atom. The first-order valence-corrected chi connectivity index (χ1v) is 6.26. The maximum atomic E-state index is 14.1. The second-order valence-electron chi connectivity index (χ2n) is 4.03. The van der Waals surface area contributed by atoms with Crippen LogP contribution in [0.25, 0.3) is 0 Å². The van der Waals surface area contributed by atoms with Crippen molar-refractivity contribution in [3.05, 3.63) is 28.0 Å². The molecule has 0 radical (unpaired) electrons. The zero-order chi connectivity index (χ0) is 11.5. The third-order valence-electron chi connectivity index (χ3n) is 3.03. The van der Waals surface area contributed by atoms with E-state index in [9.17, 15) is 4.39 Å². The molecule has 1 aliphatic heterocycles. The van der Waals surface area contributed by atoms with E-state index in [0.29, 0.717) is 10.2 Å². The molecule has 2 nitrogen and oxygen atoms in total. The van der Waals surface area contributed by atoms with Crippen molar-refractivity contribution in [2.75, 3.05) is 20.2 Å². The number of nitrogens with one attached hydrogen (secondary N) is 1. The van der Waals surface area contributed by atoms with E-state index >= 15 is 0 Å². The summed E-state index contributed by atoms with van der Waals surface area (Å²) >= 11 is 3.24. The predicted octanol–water partition coefficient (Wildman–Crippen LogP) is 3.06. The molecule has 88 valence electrons. The largest absolute Gasteiger partial charge is 0.495 e. The molecule has 1 unspecified atom stereocenters. The maximum absolute atomic E-state index is 14.1. The van der Waals surface area contributed by atoms with Crippen molar-refractivity contribution < 1.29 is 9.13 Å². The summed E-state index contributed by atoms with van der Waals surface area (Å²) in [6, 6.07) is 3.65. The van der Waals surface area contributed by atoms with Gasteiger partial charge in [0.05, 0.1) is 11.6 Å². The van der Waals surface area contributed by atoms with Crippen LogP contribution in [-0.2, 0) is 0 Å². The average molecular weight is 288 g/mol. The van der Waals surface area contributed by atoms with Gasteiger partial charge in [0.25, 0.3) is 0 Å². The van der Waals surface area contributed by atoms with Gasteiger partial charge in [0.1, 0.15) is 11.6 Å². The fourth-order valence-electron chi connectivity index (χ4n) is 2.14. The summed E-state index contributed by atoms with van der Waals surface area (Å²) in [4.78, 5) is 0. The van der Waals surface area contributed by atoms with Crippen LogP contribution in [0.2, 0.25) is 0 Å². The third kappa shape index (κ3) is 2.23. The van der Waals surface area contributed by atoms with Crippen LogP contribution in [0.1, 0.15) is 24.3 Å². The highest BCUT2D eigenvalue weighted by Gasteiger charge is 2.21. The molecule has 1 saturated heterocycles. The quantitative estimate of drug-likeness (QED) is 0.903. The highest BCUT2D eigenvalue weighted by molar-refractivity contribution is 9.10. The number of rotatable bonds is 2. The molecule has 2 rings (SSSR count). The summed E-state index contributed by atoms with van der Waals surface area (Å²) in [6.07, 6.45) is 2.15. The predicted molar refractivity (Wildman–Crippen MR) is 65.5 cm³/mol. The van der Waals surface area contributed by atoms with E-state index in [4.69, 9.17) is 4.74 Å². The van der Waals surface area contributed by atoms with Crippen LogP contribution in [0.5, 0.6) is 5.75 Å². The van der Waals surface area contributed by atoms with Gasteiger partial charge in [0.15, 0.2) is 0 Å². The SMILES string of the molecule is COc1ccc(C2CCCNC2)c(F)c1Br. The topological polar surface area (TPSA) is 21.3 Å². The van der Waals surface area contributed by atoms with Crippen molar-refractivity contribution in [2.45, 2.75) is 18.8 Å². The monoisotopic (exact) mass is 287 g/mol. The van der Waals surface area contributed by atoms with Crippen molar-refractivity contribution in [3.8, 4) is 5.75 Å². The molecule has 0 spiro atoms. The zero-order valence-electron chi connectivity index (χ0n) is 9.22. The van der Waals surface area contributed by atoms with E-state index in [-0.39, 0.29) is 11.7 Å². The van der Waals surface area contributed by atoms with Gasteiger partial charge in [-0.1, -0.05) is 6.07 Å². The summed E-state index contributed by atoms with van der Waals surface area (Å²) in [5.41, 5.74) is 0.778. The Balaban J connectivity index is 2.30. The minimum atomic E-state index is -0.187. The van der Waals surface area contributed by atoms with Gasteiger partial charge in [-0.3, -0.25) is 0 Å². The number of methoxy groups -OCH3 is 1. The van der Waals surface area contributed by atoms with Crippen LogP contribution in [0.4, 0.5) is 4.39 Å². The van der Waals surface area contributed by atoms with Crippen LogP contribution in [0.3, 0.4) is 0 Å². The first kappa shape index (κ1) is 11.9. The Labute approximate surface area is 103 Å². The summed E-state index contributed by atoms with van der Waals surface area (Å²) in [5, 5.41) is 3.30. The first-order valence-electron chi connectivity index (χ1n) is 5.46. The van der Waals surface area contributed by atoms with E-state index in [1.165, 1.54) is 0 Å². The molecule has 16 heavy (non-hydrogen) atoms. The number of benzene rings is 1. The van der Waals surface area contributed by atoms with Crippen molar-refractivity contribution >= 4 is 15.9 Å². The fourth-order valence-corrected chi connectivity index (χ4v) is 2.66. The molecule has 0 aromatic heterocycles. The minimum Gasteiger partial charge on any atom is -0.495 e. The van der Waals surface area contributed by atoms with Crippen LogP contribution >= 0.6 is 15.9 Å². The van der Waals surface area contributed by atoms with E-state index in [0.717, 1.165) is 31.5 Å². The maximum Gasteiger partial charge on any atom is 0.144 e. The number of piperidine rings is 1. The van der Waals surface area contributed by atoms with E-state index in [1.807, 2.05) is 12.1 Å². The number of hydrogen-bond donors (Lipinski definition) is 1. The molecule has 4 heteroatoms. The summed E-state index contributed by atoms with van der Waals surface area (Å²) in [6.45, 7) is 1.89. The molecule has 0 aliphatic carbocycles. The van der Waals surface area contributed by atoms with Crippen LogP contribution in [-0.4, -0.2) is 20.2 Å². The Hall–Kier alpha value is -0.610. The van der Waals surface area contributed by atoms with Gasteiger partial charge in [-0.15, -0.1) is 0 Å². The van der Waals surface area contributed by atoms with Crippen LogP contribution in [0.15, 0.2) is 16.6 Å². The Bertz CT molecular complexity index is 378. The smallest absolute Gasteiger partial charge is 0.144 e. The van der Waals surface area contributed by atoms with Gasteiger partial charge in [0.2, 0.25) is 0 Å². The second-order valence-corrected chi connectivity index (χ2v) is 4.82. The Morgan fingerprint density at radius 1 is 1.50 bits per heavy atom. The van der Waals surface area contributed by atoms with E-state index < -0.39 is 0 Å². The normalized spacial score (nSPS) is 20.8. The van der Waals surface area contributed by atoms with Gasteiger partial charge in [-0.25, -0.2) is 4.39 Å². The van der Waals surface area contributed by atoms with Crippen molar-refractivity contribution in [1.29, 1.82) is 0 Å². The highest BCUT2D eigenvalue weighted by Crippen LogP contribution is 2.34. The first-order chi connectivity index (χ1) is 7.74. The lowest BCUT2D eigenvalue weighted by Gasteiger charge is -2.24. The molecule has 1 aromatic rings. The third-order valence-corrected chi connectivity index (χ3v) is 3.77. The number of hydrogen-bond acceptors (Lipinski definition) is 2. The van der Waals surface area contributed by atoms with Crippen LogP contribution < -0.4 is 10.1 Å². The van der Waals surface area contributed by atoms with E-state index in [1.54, 1.807) is 7.11 Å². The second kappa shape index (κ2) is 5.15. The molecule has 1 heterocycles. The lowest BCUT2D eigenvalue weighted by atomic mass is 9.91. The standard InChI is InChI=1S/C12H15BrFNO/c1-16-10-5-4-9(12(14)11(10)13)8-3-2-6-15-7-8/h4-5,8,15H,2-3,6-7H2,1H3. The zero-order valence-corrected chi connectivity index (χ0v) is 10.8. The summed E-state index contributed by atoms with van der Waals surface area (Å²) < 4.78 is 19.6. The lowest BCUT2D eigenvalue weighted by molar-refractivity contribution is 0.403. The molecule has 1 atom stereocenters. The van der Waals surface area contributed by atoms with Crippen LogP contribution in [0, 0.1) is 5.82 Å². The van der Waals surface area contributed by atoms with Crippen molar-refractivity contribution in [2.24, 2.45) is 0 Å². The van der Waals surface area contributed by atoms with Crippen molar-refractivity contribution in [3.63, 3.8) is 0 Å². The summed E-state index contributed by atoms with van der Waals surface area (Å²) in [5.74, 6) is 0.633. The molecular weight excluding hydrogens is 273 g/mol. The van der Waals surface area contributed by atoms with Gasteiger partial charge < -0.3 is 10.1 Å². The van der Waals surface area contributed by atoms with Crippen molar-refractivity contribution in [1.82, 2.24) is 5.32 Å². The average Bonchev–Trinajstić information content (AvgIpc) is 2.34. The fraction of sp³-hybridized carbons (Fsp3) is 0.500. The molecular formula is C12H15BrFNO. The number of halogens is 2. The molecule has 0 saturated carbocycles. The number of ether oxygens (including phenoxy) is 1. The molecule has 1 fully saturated rings. The van der Waals surface area contributed by atoms with E-state index in [2.05, 4.69) is 21.2 Å². The van der Waals surface area contributed by atoms with Gasteiger partial charge in [-0.2, -0.15) is 0 Å². The van der Waals surface area contributed by atoms with Gasteiger partial charge in [0, 0.05) is 6.54 Å². The summed E-state index contributed by atoms with van der Waals surface area (Å²) in [7, 11) is 1.54.